The Morgan fingerprint density at radius 2 is 2.00 bits per heavy atom. The van der Waals surface area contributed by atoms with Crippen LogP contribution < -0.4 is 0 Å². The second kappa shape index (κ2) is 5.85. The van der Waals surface area contributed by atoms with Gasteiger partial charge in [-0.3, -0.25) is 0 Å². The number of esters is 1. The Morgan fingerprint density at radius 1 is 1.33 bits per heavy atom. The third-order valence-corrected chi connectivity index (χ3v) is 2.99. The van der Waals surface area contributed by atoms with E-state index in [0.29, 0.717) is 6.42 Å². The minimum Gasteiger partial charge on any atom is -0.463 e. The summed E-state index contributed by atoms with van der Waals surface area (Å²) in [7, 11) is 1.32. The van der Waals surface area contributed by atoms with E-state index in [1.807, 2.05) is 13.8 Å². The highest BCUT2D eigenvalue weighted by atomic mass is 16.5. The Bertz CT molecular complexity index is 429. The van der Waals surface area contributed by atoms with Crippen molar-refractivity contribution in [3.63, 3.8) is 0 Å². The van der Waals surface area contributed by atoms with E-state index in [0.717, 1.165) is 18.6 Å². The number of rotatable bonds is 6. The average Bonchev–Trinajstić information content (AvgIpc) is 2.77. The summed E-state index contributed by atoms with van der Waals surface area (Å²) in [5, 5.41) is 0. The lowest BCUT2D eigenvalue weighted by Gasteiger charge is -2.21. The fraction of sp³-hybridized carbons (Fsp3) is 0.571. The molecule has 0 aromatic carbocycles. The number of carbonyl (C=O) groups excluding carboxylic acids is 2. The largest absolute Gasteiger partial charge is 0.463 e. The zero-order valence-corrected chi connectivity index (χ0v) is 11.4. The number of ether oxygens (including phenoxy) is 1. The van der Waals surface area contributed by atoms with Crippen LogP contribution in [0.15, 0.2) is 16.5 Å². The van der Waals surface area contributed by atoms with Crippen LogP contribution in [0.1, 0.15) is 56.3 Å². The van der Waals surface area contributed by atoms with E-state index in [2.05, 4.69) is 4.74 Å². The lowest BCUT2D eigenvalue weighted by atomic mass is 9.84. The maximum absolute atomic E-state index is 11.3. The molecule has 1 aromatic rings. The van der Waals surface area contributed by atoms with Gasteiger partial charge in [0.2, 0.25) is 5.76 Å². The normalized spacial score (nSPS) is 11.3. The van der Waals surface area contributed by atoms with Crippen LogP contribution in [0.4, 0.5) is 0 Å². The lowest BCUT2D eigenvalue weighted by molar-refractivity contribution is -0.117. The molecule has 0 spiro atoms. The summed E-state index contributed by atoms with van der Waals surface area (Å²) in [6.45, 7) is 5.66. The van der Waals surface area contributed by atoms with Crippen molar-refractivity contribution in [1.82, 2.24) is 0 Å². The number of Topliss-reactive ketones (excluding diaryl/α,β-unsaturated/α-hetero) is 1. The Balaban J connectivity index is 2.69. The molecule has 0 aliphatic carbocycles. The number of methoxy groups -OCH3 is 1. The van der Waals surface area contributed by atoms with E-state index in [9.17, 15) is 9.59 Å². The van der Waals surface area contributed by atoms with Gasteiger partial charge in [-0.2, -0.15) is 0 Å². The van der Waals surface area contributed by atoms with Crippen LogP contribution in [0, 0.1) is 0 Å². The Labute approximate surface area is 107 Å². The number of furan rings is 1. The molecule has 0 amide bonds. The molecule has 0 fully saturated rings. The molecular weight excluding hydrogens is 232 g/mol. The fourth-order valence-corrected chi connectivity index (χ4v) is 1.81. The number of carbonyl (C=O) groups is 2. The fourth-order valence-electron chi connectivity index (χ4n) is 1.81. The minimum absolute atomic E-state index is 0.193. The summed E-state index contributed by atoms with van der Waals surface area (Å²) in [4.78, 5) is 22.2. The van der Waals surface area contributed by atoms with Gasteiger partial charge in [0.15, 0.2) is 0 Å². The highest BCUT2D eigenvalue weighted by molar-refractivity contribution is 5.86. The second-order valence-electron chi connectivity index (χ2n) is 5.09. The van der Waals surface area contributed by atoms with Gasteiger partial charge in [-0.15, -0.1) is 0 Å². The number of ketones is 1. The smallest absolute Gasteiger partial charge is 0.373 e. The summed E-state index contributed by atoms with van der Waals surface area (Å²) in [5.74, 6) is 0.680. The van der Waals surface area contributed by atoms with E-state index in [1.165, 1.54) is 7.11 Å². The summed E-state index contributed by atoms with van der Waals surface area (Å²) in [6, 6.07) is 3.41. The predicted molar refractivity (Wildman–Crippen MR) is 67.6 cm³/mol. The topological polar surface area (TPSA) is 56.5 Å². The first-order valence-corrected chi connectivity index (χ1v) is 6.05. The molecule has 0 saturated heterocycles. The van der Waals surface area contributed by atoms with Gasteiger partial charge >= 0.3 is 5.97 Å². The van der Waals surface area contributed by atoms with Crippen molar-refractivity contribution in [2.45, 2.75) is 45.4 Å². The van der Waals surface area contributed by atoms with E-state index in [1.54, 1.807) is 19.1 Å². The quantitative estimate of drug-likeness (QED) is 0.730. The standard InChI is InChI=1S/C14H20O4/c1-10(15)6-5-9-14(2,3)12-8-7-11(18-12)13(16)17-4/h7-8H,5-6,9H2,1-4H3. The van der Waals surface area contributed by atoms with Gasteiger partial charge in [-0.05, 0) is 31.9 Å². The van der Waals surface area contributed by atoms with Crippen molar-refractivity contribution in [2.24, 2.45) is 0 Å². The van der Waals surface area contributed by atoms with Crippen molar-refractivity contribution >= 4 is 11.8 Å². The lowest BCUT2D eigenvalue weighted by Crippen LogP contribution is -2.16. The van der Waals surface area contributed by atoms with Crippen molar-refractivity contribution < 1.29 is 18.7 Å². The van der Waals surface area contributed by atoms with E-state index in [4.69, 9.17) is 4.42 Å². The molecule has 0 aliphatic rings. The predicted octanol–water partition coefficient (Wildman–Crippen LogP) is 3.10. The van der Waals surface area contributed by atoms with Gasteiger partial charge in [0.05, 0.1) is 7.11 Å². The first-order chi connectivity index (χ1) is 8.36. The van der Waals surface area contributed by atoms with Crippen LogP contribution in [0.5, 0.6) is 0 Å². The third kappa shape index (κ3) is 3.72. The molecule has 100 valence electrons. The van der Waals surface area contributed by atoms with Gasteiger partial charge in [0, 0.05) is 11.8 Å². The van der Waals surface area contributed by atoms with Gasteiger partial charge in [0.25, 0.3) is 0 Å². The summed E-state index contributed by atoms with van der Waals surface area (Å²) in [5.41, 5.74) is -0.193. The van der Waals surface area contributed by atoms with Crippen molar-refractivity contribution in [2.75, 3.05) is 7.11 Å². The summed E-state index contributed by atoms with van der Waals surface area (Å²) >= 11 is 0. The molecule has 0 saturated carbocycles. The molecule has 1 heterocycles. The molecule has 0 unspecified atom stereocenters. The first-order valence-electron chi connectivity index (χ1n) is 6.05. The van der Waals surface area contributed by atoms with Crippen LogP contribution in [-0.4, -0.2) is 18.9 Å². The molecule has 0 bridgehead atoms. The highest BCUT2D eigenvalue weighted by Crippen LogP contribution is 2.30. The molecule has 4 nitrogen and oxygen atoms in total. The Kier molecular flexibility index (Phi) is 4.70. The molecule has 4 heteroatoms. The summed E-state index contributed by atoms with van der Waals surface area (Å²) in [6.07, 6.45) is 2.23. The second-order valence-corrected chi connectivity index (χ2v) is 5.09. The third-order valence-electron chi connectivity index (χ3n) is 2.99. The zero-order valence-electron chi connectivity index (χ0n) is 11.4. The van der Waals surface area contributed by atoms with Crippen LogP contribution in [0.2, 0.25) is 0 Å². The molecule has 18 heavy (non-hydrogen) atoms. The Hall–Kier alpha value is -1.58. The molecular formula is C14H20O4. The number of hydrogen-bond acceptors (Lipinski definition) is 4. The number of hydrogen-bond donors (Lipinski definition) is 0. The SMILES string of the molecule is COC(=O)c1ccc(C(C)(C)CCCC(C)=O)o1. The van der Waals surface area contributed by atoms with Gasteiger partial charge in [-0.25, -0.2) is 4.79 Å². The maximum atomic E-state index is 11.3. The van der Waals surface area contributed by atoms with Crippen molar-refractivity contribution in [3.8, 4) is 0 Å². The van der Waals surface area contributed by atoms with E-state index in [-0.39, 0.29) is 17.0 Å². The molecule has 0 radical (unpaired) electrons. The van der Waals surface area contributed by atoms with Gasteiger partial charge < -0.3 is 13.9 Å². The summed E-state index contributed by atoms with van der Waals surface area (Å²) < 4.78 is 10.1. The van der Waals surface area contributed by atoms with Crippen molar-refractivity contribution in [1.29, 1.82) is 0 Å². The van der Waals surface area contributed by atoms with E-state index < -0.39 is 5.97 Å². The minimum atomic E-state index is -0.471. The Morgan fingerprint density at radius 3 is 2.56 bits per heavy atom. The maximum Gasteiger partial charge on any atom is 0.373 e. The highest BCUT2D eigenvalue weighted by Gasteiger charge is 2.25. The zero-order chi connectivity index (χ0) is 13.8. The van der Waals surface area contributed by atoms with Crippen LogP contribution in [0.25, 0.3) is 0 Å². The molecule has 0 atom stereocenters. The van der Waals surface area contributed by atoms with Crippen LogP contribution in [-0.2, 0) is 14.9 Å². The molecule has 1 rings (SSSR count). The first kappa shape index (κ1) is 14.5. The molecule has 0 aliphatic heterocycles. The van der Waals surface area contributed by atoms with E-state index >= 15 is 0 Å². The monoisotopic (exact) mass is 252 g/mol. The van der Waals surface area contributed by atoms with Crippen LogP contribution in [0.3, 0.4) is 0 Å². The van der Waals surface area contributed by atoms with Gasteiger partial charge in [-0.1, -0.05) is 13.8 Å². The van der Waals surface area contributed by atoms with Gasteiger partial charge in [0.1, 0.15) is 11.5 Å². The molecule has 1 aromatic heterocycles. The average molecular weight is 252 g/mol. The van der Waals surface area contributed by atoms with Crippen LogP contribution >= 0.6 is 0 Å². The molecule has 0 N–H and O–H groups in total. The van der Waals surface area contributed by atoms with Crippen molar-refractivity contribution in [3.05, 3.63) is 23.7 Å².